The van der Waals surface area contributed by atoms with E-state index in [2.05, 4.69) is 16.8 Å². The normalized spacial score (nSPS) is 8.93. The van der Waals surface area contributed by atoms with E-state index in [-0.39, 0.29) is 6.54 Å². The number of nitro groups is 1. The Morgan fingerprint density at radius 1 is 1.64 bits per heavy atom. The van der Waals surface area contributed by atoms with Gasteiger partial charge in [-0.05, 0) is 0 Å². The highest BCUT2D eigenvalue weighted by Crippen LogP contribution is 2.04. The van der Waals surface area contributed by atoms with E-state index < -0.39 is 16.2 Å². The van der Waals surface area contributed by atoms with Gasteiger partial charge in [-0.2, -0.15) is 0 Å². The van der Waals surface area contributed by atoms with Crippen molar-refractivity contribution in [1.29, 1.82) is 0 Å². The predicted molar refractivity (Wildman–Crippen MR) is 49.6 cm³/mol. The molecule has 0 aliphatic carbocycles. The van der Waals surface area contributed by atoms with E-state index in [1.54, 1.807) is 0 Å². The molecule has 0 aliphatic heterocycles. The number of nitrogens with one attached hydrogen (secondary N) is 1. The zero-order chi connectivity index (χ0) is 10.6. The second kappa shape index (κ2) is 4.20. The summed E-state index contributed by atoms with van der Waals surface area (Å²) < 4.78 is 0. The predicted octanol–water partition coefficient (Wildman–Crippen LogP) is -0.407. The fourth-order valence-electron chi connectivity index (χ4n) is 0.833. The third-order valence-corrected chi connectivity index (χ3v) is 1.42. The highest BCUT2D eigenvalue weighted by atomic mass is 16.6. The lowest BCUT2D eigenvalue weighted by Gasteiger charge is -1.90. The summed E-state index contributed by atoms with van der Waals surface area (Å²) in [5.74, 6) is 5.10. The molecule has 0 atom stereocenters. The van der Waals surface area contributed by atoms with Crippen LogP contribution in [0.25, 0.3) is 0 Å². The second-order valence-corrected chi connectivity index (χ2v) is 2.37. The fraction of sp³-hybridized carbons (Fsp3) is 0.125. The van der Waals surface area contributed by atoms with Crippen LogP contribution in [0.3, 0.4) is 0 Å². The van der Waals surface area contributed by atoms with E-state index in [1.165, 1.54) is 6.20 Å². The summed E-state index contributed by atoms with van der Waals surface area (Å²) in [5.41, 5.74) is 4.23. The molecule has 0 radical (unpaired) electrons. The Kier molecular flexibility index (Phi) is 2.99. The van der Waals surface area contributed by atoms with Gasteiger partial charge in [0.05, 0.1) is 11.5 Å². The molecule has 1 heterocycles. The number of hydrogen-bond donors (Lipinski definition) is 2. The summed E-state index contributed by atoms with van der Waals surface area (Å²) in [4.78, 5) is 22.7. The quantitative estimate of drug-likeness (QED) is 0.359. The first-order valence-electron chi connectivity index (χ1n) is 3.71. The molecule has 0 unspecified atom stereocenters. The molecule has 0 bridgehead atoms. The molecule has 6 nitrogen and oxygen atoms in total. The number of aromatic amines is 1. The largest absolute Gasteiger partial charge is 0.335 e. The van der Waals surface area contributed by atoms with Crippen molar-refractivity contribution in [2.75, 3.05) is 6.54 Å². The van der Waals surface area contributed by atoms with Crippen LogP contribution in [0.1, 0.15) is 5.56 Å². The topological polar surface area (TPSA) is 102 Å². The Morgan fingerprint density at radius 2 is 2.36 bits per heavy atom. The number of hydrogen-bond acceptors (Lipinski definition) is 4. The minimum Gasteiger partial charge on any atom is -0.322 e. The molecule has 0 saturated carbocycles. The lowest BCUT2D eigenvalue weighted by molar-refractivity contribution is -0.386. The summed E-state index contributed by atoms with van der Waals surface area (Å²) in [6, 6.07) is 1.11. The zero-order valence-corrected chi connectivity index (χ0v) is 7.11. The maximum atomic E-state index is 10.9. The van der Waals surface area contributed by atoms with Crippen molar-refractivity contribution in [2.24, 2.45) is 5.73 Å². The molecule has 0 saturated heterocycles. The zero-order valence-electron chi connectivity index (χ0n) is 7.11. The van der Waals surface area contributed by atoms with Gasteiger partial charge >= 0.3 is 11.2 Å². The number of H-pyrrole nitrogens is 1. The van der Waals surface area contributed by atoms with Crippen LogP contribution in [0.15, 0.2) is 17.1 Å². The Bertz CT molecular complexity index is 467. The molecule has 0 amide bonds. The average molecular weight is 193 g/mol. The number of nitrogens with zero attached hydrogens (tertiary/aromatic N) is 1. The molecule has 0 aliphatic rings. The van der Waals surface area contributed by atoms with Gasteiger partial charge in [0.1, 0.15) is 0 Å². The summed E-state index contributed by atoms with van der Waals surface area (Å²) in [6.45, 7) is 0.160. The fourth-order valence-corrected chi connectivity index (χ4v) is 0.833. The van der Waals surface area contributed by atoms with Crippen molar-refractivity contribution in [3.8, 4) is 11.8 Å². The molecule has 1 aromatic rings. The summed E-state index contributed by atoms with van der Waals surface area (Å²) in [7, 11) is 0. The first-order valence-corrected chi connectivity index (χ1v) is 3.71. The minimum atomic E-state index is -0.757. The number of aromatic nitrogens is 1. The Balaban J connectivity index is 3.20. The van der Waals surface area contributed by atoms with Crippen molar-refractivity contribution >= 4 is 5.69 Å². The Hall–Kier alpha value is -2.13. The van der Waals surface area contributed by atoms with Crippen LogP contribution in [0, 0.1) is 22.0 Å². The molecule has 6 heteroatoms. The van der Waals surface area contributed by atoms with Gasteiger partial charge in [0.2, 0.25) is 0 Å². The Labute approximate surface area is 78.9 Å². The van der Waals surface area contributed by atoms with Crippen LogP contribution < -0.4 is 11.3 Å². The van der Waals surface area contributed by atoms with E-state index in [4.69, 9.17) is 5.73 Å². The molecule has 3 N–H and O–H groups in total. The SMILES string of the molecule is NCC#Cc1c[nH]c(=O)c([N+](=O)[O-])c1. The van der Waals surface area contributed by atoms with Crippen molar-refractivity contribution < 1.29 is 4.92 Å². The number of pyridine rings is 1. The van der Waals surface area contributed by atoms with Crippen LogP contribution in [-0.4, -0.2) is 16.5 Å². The summed E-state index contributed by atoms with van der Waals surface area (Å²) in [6.07, 6.45) is 1.30. The lowest BCUT2D eigenvalue weighted by atomic mass is 10.2. The number of nitrogens with two attached hydrogens (primary N) is 1. The highest BCUT2D eigenvalue weighted by molar-refractivity contribution is 5.40. The molecular formula is C8H7N3O3. The monoisotopic (exact) mass is 193 g/mol. The van der Waals surface area contributed by atoms with Crippen LogP contribution in [0.2, 0.25) is 0 Å². The molecule has 1 rings (SSSR count). The lowest BCUT2D eigenvalue weighted by Crippen LogP contribution is -2.10. The maximum Gasteiger partial charge on any atom is 0.335 e. The van der Waals surface area contributed by atoms with Crippen molar-refractivity contribution in [2.45, 2.75) is 0 Å². The molecule has 14 heavy (non-hydrogen) atoms. The molecule has 0 fully saturated rings. The van der Waals surface area contributed by atoms with Crippen molar-refractivity contribution in [3.05, 3.63) is 38.3 Å². The van der Waals surface area contributed by atoms with Crippen LogP contribution in [0.5, 0.6) is 0 Å². The molecular weight excluding hydrogens is 186 g/mol. The smallest absolute Gasteiger partial charge is 0.322 e. The third kappa shape index (κ3) is 2.18. The van der Waals surface area contributed by atoms with Gasteiger partial charge in [-0.15, -0.1) is 0 Å². The van der Waals surface area contributed by atoms with Crippen molar-refractivity contribution in [1.82, 2.24) is 4.98 Å². The van der Waals surface area contributed by atoms with E-state index in [9.17, 15) is 14.9 Å². The van der Waals surface area contributed by atoms with Crippen LogP contribution in [0.4, 0.5) is 5.69 Å². The van der Waals surface area contributed by atoms with E-state index >= 15 is 0 Å². The average Bonchev–Trinajstić information content (AvgIpc) is 2.16. The maximum absolute atomic E-state index is 10.9. The first-order chi connectivity index (χ1) is 6.65. The van der Waals surface area contributed by atoms with E-state index in [0.717, 1.165) is 6.07 Å². The van der Waals surface area contributed by atoms with Gasteiger partial charge in [-0.25, -0.2) is 0 Å². The highest BCUT2D eigenvalue weighted by Gasteiger charge is 2.11. The first kappa shape index (κ1) is 9.95. The standard InChI is InChI=1S/C8H7N3O3/c9-3-1-2-6-4-7(11(13)14)8(12)10-5-6/h4-5H,3,9H2,(H,10,12). The molecule has 72 valence electrons. The third-order valence-electron chi connectivity index (χ3n) is 1.42. The van der Waals surface area contributed by atoms with Gasteiger partial charge in [0.25, 0.3) is 0 Å². The Morgan fingerprint density at radius 3 is 2.93 bits per heavy atom. The number of rotatable bonds is 1. The van der Waals surface area contributed by atoms with Crippen LogP contribution in [-0.2, 0) is 0 Å². The minimum absolute atomic E-state index is 0.160. The van der Waals surface area contributed by atoms with Gasteiger partial charge in [-0.1, -0.05) is 11.8 Å². The van der Waals surface area contributed by atoms with E-state index in [0.29, 0.717) is 5.56 Å². The van der Waals surface area contributed by atoms with Crippen LogP contribution >= 0.6 is 0 Å². The second-order valence-electron chi connectivity index (χ2n) is 2.37. The van der Waals surface area contributed by atoms with Gasteiger partial charge < -0.3 is 10.7 Å². The summed E-state index contributed by atoms with van der Waals surface area (Å²) in [5, 5.41) is 10.4. The molecule has 1 aromatic heterocycles. The summed E-state index contributed by atoms with van der Waals surface area (Å²) >= 11 is 0. The van der Waals surface area contributed by atoms with Crippen molar-refractivity contribution in [3.63, 3.8) is 0 Å². The van der Waals surface area contributed by atoms with E-state index in [1.807, 2.05) is 0 Å². The van der Waals surface area contributed by atoms with Gasteiger partial charge in [-0.3, -0.25) is 14.9 Å². The molecule has 0 spiro atoms. The van der Waals surface area contributed by atoms with Gasteiger partial charge in [0, 0.05) is 17.8 Å². The van der Waals surface area contributed by atoms with Gasteiger partial charge in [0.15, 0.2) is 0 Å². The molecule has 0 aromatic carbocycles.